The average Bonchev–Trinajstić information content (AvgIpc) is 3.38. The second-order valence-corrected chi connectivity index (χ2v) is 6.93. The van der Waals surface area contributed by atoms with Gasteiger partial charge in [0.2, 0.25) is 5.43 Å². The SMILES string of the molecule is COc1cc(-n2cccn2)ccc1-n1ccc(=O)c(C(=Nc2ccccc2)C(C)=CN)n1. The lowest BCUT2D eigenvalue weighted by Crippen LogP contribution is -2.22. The summed E-state index contributed by atoms with van der Waals surface area (Å²) in [5.41, 5.74) is 8.94. The number of ether oxygens (including phenoxy) is 1. The summed E-state index contributed by atoms with van der Waals surface area (Å²) in [6.45, 7) is 1.79. The van der Waals surface area contributed by atoms with Gasteiger partial charge in [0.05, 0.1) is 24.2 Å². The molecule has 4 rings (SSSR count). The monoisotopic (exact) mass is 426 g/mol. The summed E-state index contributed by atoms with van der Waals surface area (Å²) in [5, 5.41) is 8.83. The number of nitrogens with two attached hydrogens (primary N) is 1. The minimum absolute atomic E-state index is 0.189. The minimum atomic E-state index is -0.260. The zero-order chi connectivity index (χ0) is 22.5. The number of benzene rings is 2. The average molecular weight is 426 g/mol. The maximum Gasteiger partial charge on any atom is 0.209 e. The molecule has 0 aliphatic rings. The van der Waals surface area contributed by atoms with Gasteiger partial charge in [0, 0.05) is 30.7 Å². The van der Waals surface area contributed by atoms with Crippen LogP contribution in [0, 0.1) is 0 Å². The van der Waals surface area contributed by atoms with Gasteiger partial charge in [0.25, 0.3) is 0 Å². The highest BCUT2D eigenvalue weighted by Crippen LogP contribution is 2.25. The van der Waals surface area contributed by atoms with Crippen molar-refractivity contribution in [3.05, 3.63) is 107 Å². The van der Waals surface area contributed by atoms with E-state index in [0.717, 1.165) is 5.69 Å². The molecular formula is C24H22N6O2. The van der Waals surface area contributed by atoms with Gasteiger partial charge < -0.3 is 10.5 Å². The number of allylic oxidation sites excluding steroid dienone is 1. The van der Waals surface area contributed by atoms with E-state index in [1.807, 2.05) is 60.8 Å². The molecule has 0 unspecified atom stereocenters. The topological polar surface area (TPSA) is 100 Å². The van der Waals surface area contributed by atoms with Crippen LogP contribution in [0.1, 0.15) is 12.6 Å². The van der Waals surface area contributed by atoms with E-state index in [1.54, 1.807) is 35.8 Å². The molecule has 0 spiro atoms. The predicted octanol–water partition coefficient (Wildman–Crippen LogP) is 3.41. The van der Waals surface area contributed by atoms with Crippen LogP contribution in [0.3, 0.4) is 0 Å². The Morgan fingerprint density at radius 1 is 1.06 bits per heavy atom. The Kier molecular flexibility index (Phi) is 5.94. The van der Waals surface area contributed by atoms with E-state index in [4.69, 9.17) is 10.5 Å². The third-order valence-electron chi connectivity index (χ3n) is 4.83. The Balaban J connectivity index is 1.84. The van der Waals surface area contributed by atoms with Gasteiger partial charge in [-0.2, -0.15) is 10.2 Å². The molecule has 8 nitrogen and oxygen atoms in total. The summed E-state index contributed by atoms with van der Waals surface area (Å²) in [6.07, 6.45) is 6.56. The molecule has 4 aromatic rings. The first-order valence-electron chi connectivity index (χ1n) is 9.92. The molecule has 160 valence electrons. The Hall–Kier alpha value is -4.46. The smallest absolute Gasteiger partial charge is 0.209 e. The fourth-order valence-corrected chi connectivity index (χ4v) is 3.16. The molecule has 0 atom stereocenters. The minimum Gasteiger partial charge on any atom is -0.494 e. The van der Waals surface area contributed by atoms with E-state index in [1.165, 1.54) is 12.3 Å². The van der Waals surface area contributed by atoms with Crippen LogP contribution in [0.15, 0.2) is 101 Å². The summed E-state index contributed by atoms with van der Waals surface area (Å²) in [7, 11) is 1.58. The standard InChI is InChI=1S/C24H22N6O2/c1-17(16-25)23(27-18-7-4-3-5-8-18)24-21(31)11-14-30(28-24)20-10-9-19(15-22(20)32-2)29-13-6-12-26-29/h3-16H,25H2,1-2H3. The summed E-state index contributed by atoms with van der Waals surface area (Å²) < 4.78 is 8.91. The molecule has 0 aliphatic heterocycles. The van der Waals surface area contributed by atoms with Gasteiger partial charge in [0.1, 0.15) is 11.4 Å². The maximum atomic E-state index is 12.8. The Labute approximate surface area is 184 Å². The largest absolute Gasteiger partial charge is 0.494 e. The Morgan fingerprint density at radius 3 is 2.56 bits per heavy atom. The molecule has 0 fully saturated rings. The fourth-order valence-electron chi connectivity index (χ4n) is 3.16. The van der Waals surface area contributed by atoms with Crippen molar-refractivity contribution >= 4 is 11.4 Å². The van der Waals surface area contributed by atoms with Gasteiger partial charge in [-0.3, -0.25) is 4.79 Å². The molecule has 8 heteroatoms. The molecule has 0 saturated heterocycles. The zero-order valence-corrected chi connectivity index (χ0v) is 17.7. The lowest BCUT2D eigenvalue weighted by Gasteiger charge is -2.14. The van der Waals surface area contributed by atoms with Crippen LogP contribution in [0.2, 0.25) is 0 Å². The number of hydrogen-bond acceptors (Lipinski definition) is 6. The number of methoxy groups -OCH3 is 1. The van der Waals surface area contributed by atoms with Crippen molar-refractivity contribution in [1.82, 2.24) is 19.6 Å². The third kappa shape index (κ3) is 4.20. The lowest BCUT2D eigenvalue weighted by atomic mass is 10.1. The number of hydrogen-bond donors (Lipinski definition) is 1. The molecule has 0 saturated carbocycles. The normalized spacial score (nSPS) is 12.1. The van der Waals surface area contributed by atoms with E-state index in [0.29, 0.717) is 28.4 Å². The molecule has 0 radical (unpaired) electrons. The zero-order valence-electron chi connectivity index (χ0n) is 17.7. The van der Waals surface area contributed by atoms with Crippen LogP contribution in [0.5, 0.6) is 5.75 Å². The maximum absolute atomic E-state index is 12.8. The van der Waals surface area contributed by atoms with Gasteiger partial charge in [-0.05, 0) is 49.0 Å². The molecule has 0 aliphatic carbocycles. The van der Waals surface area contributed by atoms with Crippen LogP contribution >= 0.6 is 0 Å². The Morgan fingerprint density at radius 2 is 1.88 bits per heavy atom. The van der Waals surface area contributed by atoms with Crippen LogP contribution in [0.4, 0.5) is 5.69 Å². The molecule has 32 heavy (non-hydrogen) atoms. The molecule has 2 heterocycles. The van der Waals surface area contributed by atoms with Crippen LogP contribution < -0.4 is 15.9 Å². The van der Waals surface area contributed by atoms with Gasteiger partial charge in [-0.25, -0.2) is 14.4 Å². The highest BCUT2D eigenvalue weighted by atomic mass is 16.5. The highest BCUT2D eigenvalue weighted by Gasteiger charge is 2.16. The number of para-hydroxylation sites is 1. The van der Waals surface area contributed by atoms with Crippen LogP contribution in [-0.4, -0.2) is 32.4 Å². The van der Waals surface area contributed by atoms with E-state index in [9.17, 15) is 4.79 Å². The summed E-state index contributed by atoms with van der Waals surface area (Å²) in [5.74, 6) is 0.577. The number of nitrogens with zero attached hydrogens (tertiary/aromatic N) is 5. The molecule has 0 amide bonds. The van der Waals surface area contributed by atoms with E-state index >= 15 is 0 Å². The van der Waals surface area contributed by atoms with E-state index < -0.39 is 0 Å². The molecule has 2 aromatic heterocycles. The number of aromatic nitrogens is 4. The number of aliphatic imine (C=N–C) groups is 1. The highest BCUT2D eigenvalue weighted by molar-refractivity contribution is 6.11. The lowest BCUT2D eigenvalue weighted by molar-refractivity contribution is 0.411. The molecule has 2 aromatic carbocycles. The van der Waals surface area contributed by atoms with Crippen molar-refractivity contribution < 1.29 is 4.74 Å². The first kappa shape index (κ1) is 20.8. The van der Waals surface area contributed by atoms with Gasteiger partial charge in [-0.1, -0.05) is 18.2 Å². The second-order valence-electron chi connectivity index (χ2n) is 6.93. The van der Waals surface area contributed by atoms with Gasteiger partial charge in [0.15, 0.2) is 5.69 Å². The van der Waals surface area contributed by atoms with Gasteiger partial charge in [-0.15, -0.1) is 0 Å². The van der Waals surface area contributed by atoms with E-state index in [-0.39, 0.29) is 11.1 Å². The van der Waals surface area contributed by atoms with Crippen LogP contribution in [-0.2, 0) is 0 Å². The third-order valence-corrected chi connectivity index (χ3v) is 4.83. The van der Waals surface area contributed by atoms with Crippen molar-refractivity contribution in [2.45, 2.75) is 6.92 Å². The summed E-state index contributed by atoms with van der Waals surface area (Å²) in [6, 6.07) is 18.3. The molecular weight excluding hydrogens is 404 g/mol. The summed E-state index contributed by atoms with van der Waals surface area (Å²) >= 11 is 0. The Bertz CT molecular complexity index is 1340. The van der Waals surface area contributed by atoms with Crippen molar-refractivity contribution in [1.29, 1.82) is 0 Å². The van der Waals surface area contributed by atoms with Crippen molar-refractivity contribution in [3.63, 3.8) is 0 Å². The van der Waals surface area contributed by atoms with Crippen molar-refractivity contribution in [2.24, 2.45) is 10.7 Å². The van der Waals surface area contributed by atoms with Gasteiger partial charge >= 0.3 is 0 Å². The first-order valence-corrected chi connectivity index (χ1v) is 9.92. The van der Waals surface area contributed by atoms with Crippen molar-refractivity contribution in [3.8, 4) is 17.1 Å². The van der Waals surface area contributed by atoms with Crippen molar-refractivity contribution in [2.75, 3.05) is 7.11 Å². The first-order chi connectivity index (χ1) is 15.6. The molecule has 2 N–H and O–H groups in total. The molecule has 0 bridgehead atoms. The second kappa shape index (κ2) is 9.13. The van der Waals surface area contributed by atoms with Crippen LogP contribution in [0.25, 0.3) is 11.4 Å². The van der Waals surface area contributed by atoms with E-state index in [2.05, 4.69) is 15.2 Å². The predicted molar refractivity (Wildman–Crippen MR) is 124 cm³/mol. The summed E-state index contributed by atoms with van der Waals surface area (Å²) in [4.78, 5) is 17.4. The fraction of sp³-hybridized carbons (Fsp3) is 0.0833. The quantitative estimate of drug-likeness (QED) is 0.476. The number of rotatable bonds is 6.